The minimum Gasteiger partial charge on any atom is -0.421 e. The predicted molar refractivity (Wildman–Crippen MR) is 95.6 cm³/mol. The Hall–Kier alpha value is -2.47. The number of benzene rings is 2. The van der Waals surface area contributed by atoms with Gasteiger partial charge in [-0.1, -0.05) is 34.1 Å². The van der Waals surface area contributed by atoms with Crippen LogP contribution in [0.3, 0.4) is 0 Å². The Kier molecular flexibility index (Phi) is 5.05. The molecule has 1 heterocycles. The molecule has 0 aliphatic heterocycles. The average Bonchev–Trinajstić information content (AvgIpc) is 3.04. The Morgan fingerprint density at radius 1 is 1.12 bits per heavy atom. The molecular weight excluding hydrogens is 370 g/mol. The van der Waals surface area contributed by atoms with Crippen molar-refractivity contribution in [2.24, 2.45) is 0 Å². The summed E-state index contributed by atoms with van der Waals surface area (Å²) in [5.41, 5.74) is 2.74. The van der Waals surface area contributed by atoms with E-state index in [9.17, 15) is 4.79 Å². The number of carbonyl (C=O) groups is 1. The molecule has 0 saturated heterocycles. The molecule has 5 nitrogen and oxygen atoms in total. The van der Waals surface area contributed by atoms with Crippen LogP contribution in [0.2, 0.25) is 0 Å². The zero-order valence-electron chi connectivity index (χ0n) is 13.1. The molecule has 3 aromatic rings. The molecule has 0 aliphatic carbocycles. The lowest BCUT2D eigenvalue weighted by Gasteiger charge is -2.04. The number of halogens is 1. The van der Waals surface area contributed by atoms with Gasteiger partial charge in [0, 0.05) is 28.6 Å². The van der Waals surface area contributed by atoms with Crippen molar-refractivity contribution in [3.63, 3.8) is 0 Å². The fourth-order valence-corrected chi connectivity index (χ4v) is 2.52. The predicted octanol–water partition coefficient (Wildman–Crippen LogP) is 4.38. The highest BCUT2D eigenvalue weighted by Gasteiger charge is 2.12. The van der Waals surface area contributed by atoms with E-state index in [1.165, 1.54) is 0 Å². The SMILES string of the molecule is Cc1ccccc1-c1nnc(CCC(=O)Nc2ccc(Br)cc2)o1. The maximum absolute atomic E-state index is 12.0. The van der Waals surface area contributed by atoms with E-state index in [-0.39, 0.29) is 12.3 Å². The number of nitrogens with zero attached hydrogens (tertiary/aromatic N) is 2. The fraction of sp³-hybridized carbons (Fsp3) is 0.167. The van der Waals surface area contributed by atoms with E-state index in [1.54, 1.807) is 0 Å². The number of nitrogens with one attached hydrogen (secondary N) is 1. The number of aryl methyl sites for hydroxylation is 2. The topological polar surface area (TPSA) is 68.0 Å². The Morgan fingerprint density at radius 3 is 2.62 bits per heavy atom. The molecule has 0 spiro atoms. The van der Waals surface area contributed by atoms with Crippen LogP contribution in [-0.4, -0.2) is 16.1 Å². The first-order valence-electron chi connectivity index (χ1n) is 7.55. The van der Waals surface area contributed by atoms with Crippen molar-refractivity contribution in [2.45, 2.75) is 19.8 Å². The summed E-state index contributed by atoms with van der Waals surface area (Å²) in [7, 11) is 0. The van der Waals surface area contributed by atoms with E-state index in [2.05, 4.69) is 31.4 Å². The highest BCUT2D eigenvalue weighted by atomic mass is 79.9. The van der Waals surface area contributed by atoms with Crippen LogP contribution in [0.4, 0.5) is 5.69 Å². The number of anilines is 1. The summed E-state index contributed by atoms with van der Waals surface area (Å²) in [6.45, 7) is 1.99. The summed E-state index contributed by atoms with van der Waals surface area (Å²) in [4.78, 5) is 12.0. The third-order valence-electron chi connectivity index (χ3n) is 3.54. The average molecular weight is 386 g/mol. The smallest absolute Gasteiger partial charge is 0.247 e. The first-order valence-corrected chi connectivity index (χ1v) is 8.35. The molecule has 0 radical (unpaired) electrons. The third kappa shape index (κ3) is 4.08. The van der Waals surface area contributed by atoms with Gasteiger partial charge in [-0.3, -0.25) is 4.79 Å². The third-order valence-corrected chi connectivity index (χ3v) is 4.06. The molecule has 6 heteroatoms. The molecule has 3 rings (SSSR count). The van der Waals surface area contributed by atoms with Gasteiger partial charge in [0.25, 0.3) is 0 Å². The molecule has 0 fully saturated rings. The lowest BCUT2D eigenvalue weighted by atomic mass is 10.1. The molecule has 24 heavy (non-hydrogen) atoms. The van der Waals surface area contributed by atoms with Crippen LogP contribution >= 0.6 is 15.9 Å². The molecular formula is C18H16BrN3O2. The molecule has 1 amide bonds. The van der Waals surface area contributed by atoms with Gasteiger partial charge in [-0.25, -0.2) is 0 Å². The van der Waals surface area contributed by atoms with Gasteiger partial charge in [-0.2, -0.15) is 0 Å². The van der Waals surface area contributed by atoms with E-state index in [4.69, 9.17) is 4.42 Å². The molecule has 0 unspecified atom stereocenters. The summed E-state index contributed by atoms with van der Waals surface area (Å²) in [6.07, 6.45) is 0.687. The first-order chi connectivity index (χ1) is 11.6. The van der Waals surface area contributed by atoms with E-state index in [0.29, 0.717) is 18.2 Å². The van der Waals surface area contributed by atoms with Crippen molar-refractivity contribution in [3.05, 3.63) is 64.5 Å². The number of amides is 1. The molecule has 1 aromatic heterocycles. The van der Waals surface area contributed by atoms with Gasteiger partial charge >= 0.3 is 0 Å². The van der Waals surface area contributed by atoms with E-state index < -0.39 is 0 Å². The normalized spacial score (nSPS) is 10.6. The second-order valence-electron chi connectivity index (χ2n) is 5.37. The second kappa shape index (κ2) is 7.40. The van der Waals surface area contributed by atoms with Crippen LogP contribution in [0.15, 0.2) is 57.4 Å². The molecule has 2 aromatic carbocycles. The van der Waals surface area contributed by atoms with Gasteiger partial charge in [0.2, 0.25) is 17.7 Å². The van der Waals surface area contributed by atoms with Crippen molar-refractivity contribution >= 4 is 27.5 Å². The number of carbonyl (C=O) groups excluding carboxylic acids is 1. The number of hydrogen-bond donors (Lipinski definition) is 1. The molecule has 122 valence electrons. The van der Waals surface area contributed by atoms with Gasteiger partial charge in [-0.05, 0) is 42.8 Å². The van der Waals surface area contributed by atoms with Crippen molar-refractivity contribution in [2.75, 3.05) is 5.32 Å². The van der Waals surface area contributed by atoms with Gasteiger partial charge in [0.05, 0.1) is 0 Å². The Balaban J connectivity index is 1.58. The summed E-state index contributed by atoms with van der Waals surface area (Å²) >= 11 is 3.36. The van der Waals surface area contributed by atoms with E-state index in [0.717, 1.165) is 21.3 Å². The standard InChI is InChI=1S/C18H16BrN3O2/c1-12-4-2-3-5-15(12)18-22-21-17(24-18)11-10-16(23)20-14-8-6-13(19)7-9-14/h2-9H,10-11H2,1H3,(H,20,23). The minimum atomic E-state index is -0.0898. The second-order valence-corrected chi connectivity index (χ2v) is 6.29. The van der Waals surface area contributed by atoms with Gasteiger partial charge < -0.3 is 9.73 Å². The summed E-state index contributed by atoms with van der Waals surface area (Å²) in [6, 6.07) is 15.2. The molecule has 0 aliphatic rings. The van der Waals surface area contributed by atoms with Crippen LogP contribution in [0.1, 0.15) is 17.9 Å². The van der Waals surface area contributed by atoms with Crippen LogP contribution < -0.4 is 5.32 Å². The van der Waals surface area contributed by atoms with Crippen LogP contribution in [0, 0.1) is 6.92 Å². The lowest BCUT2D eigenvalue weighted by Crippen LogP contribution is -2.12. The molecule has 0 saturated carbocycles. The number of hydrogen-bond acceptors (Lipinski definition) is 4. The molecule has 0 bridgehead atoms. The Bertz CT molecular complexity index is 843. The maximum atomic E-state index is 12.0. The largest absolute Gasteiger partial charge is 0.421 e. The van der Waals surface area contributed by atoms with Gasteiger partial charge in [0.1, 0.15) is 0 Å². The van der Waals surface area contributed by atoms with E-state index in [1.807, 2.05) is 55.5 Å². The van der Waals surface area contributed by atoms with Crippen LogP contribution in [-0.2, 0) is 11.2 Å². The summed E-state index contributed by atoms with van der Waals surface area (Å²) < 4.78 is 6.63. The fourth-order valence-electron chi connectivity index (χ4n) is 2.25. The summed E-state index contributed by atoms with van der Waals surface area (Å²) in [5, 5.41) is 10.9. The number of aromatic nitrogens is 2. The van der Waals surface area contributed by atoms with E-state index >= 15 is 0 Å². The maximum Gasteiger partial charge on any atom is 0.247 e. The number of rotatable bonds is 5. The zero-order chi connectivity index (χ0) is 16.9. The van der Waals surface area contributed by atoms with Crippen molar-refractivity contribution in [1.82, 2.24) is 10.2 Å². The van der Waals surface area contributed by atoms with Crippen molar-refractivity contribution in [1.29, 1.82) is 0 Å². The quantitative estimate of drug-likeness (QED) is 0.707. The summed E-state index contributed by atoms with van der Waals surface area (Å²) in [5.74, 6) is 0.851. The Labute approximate surface area is 148 Å². The van der Waals surface area contributed by atoms with Crippen LogP contribution in [0.25, 0.3) is 11.5 Å². The Morgan fingerprint density at radius 2 is 1.88 bits per heavy atom. The molecule has 0 atom stereocenters. The zero-order valence-corrected chi connectivity index (χ0v) is 14.7. The highest BCUT2D eigenvalue weighted by molar-refractivity contribution is 9.10. The highest BCUT2D eigenvalue weighted by Crippen LogP contribution is 2.22. The van der Waals surface area contributed by atoms with Crippen molar-refractivity contribution in [3.8, 4) is 11.5 Å². The first kappa shape index (κ1) is 16.4. The van der Waals surface area contributed by atoms with Gasteiger partial charge in [0.15, 0.2) is 0 Å². The lowest BCUT2D eigenvalue weighted by molar-refractivity contribution is -0.116. The van der Waals surface area contributed by atoms with Gasteiger partial charge in [-0.15, -0.1) is 10.2 Å². The minimum absolute atomic E-state index is 0.0898. The monoisotopic (exact) mass is 385 g/mol. The van der Waals surface area contributed by atoms with Crippen molar-refractivity contribution < 1.29 is 9.21 Å². The van der Waals surface area contributed by atoms with Crippen LogP contribution in [0.5, 0.6) is 0 Å². The molecule has 1 N–H and O–H groups in total.